The van der Waals surface area contributed by atoms with Crippen molar-refractivity contribution in [1.29, 1.82) is 0 Å². The zero-order valence-electron chi connectivity index (χ0n) is 16.1. The normalized spacial score (nSPS) is 11.0. The van der Waals surface area contributed by atoms with Crippen molar-refractivity contribution in [2.75, 3.05) is 18.9 Å². The summed E-state index contributed by atoms with van der Waals surface area (Å²) in [5.41, 5.74) is 2.05. The van der Waals surface area contributed by atoms with Gasteiger partial charge in [0.25, 0.3) is 5.91 Å². The van der Waals surface area contributed by atoms with Gasteiger partial charge in [0.2, 0.25) is 5.95 Å². The van der Waals surface area contributed by atoms with E-state index in [9.17, 15) is 4.79 Å². The van der Waals surface area contributed by atoms with Crippen LogP contribution in [0.15, 0.2) is 79.7 Å². The van der Waals surface area contributed by atoms with Crippen LogP contribution in [0.5, 0.6) is 11.5 Å². The van der Waals surface area contributed by atoms with Gasteiger partial charge in [-0.1, -0.05) is 31.4 Å². The number of anilines is 1. The number of amides is 1. The minimum absolute atomic E-state index is 0.273. The molecule has 0 atom stereocenters. The van der Waals surface area contributed by atoms with Gasteiger partial charge in [-0.15, -0.1) is 0 Å². The van der Waals surface area contributed by atoms with Gasteiger partial charge < -0.3 is 15.4 Å². The summed E-state index contributed by atoms with van der Waals surface area (Å²) in [6.45, 7) is 8.00. The third kappa shape index (κ3) is 5.04. The Bertz CT molecular complexity index is 1090. The lowest BCUT2D eigenvalue weighted by Crippen LogP contribution is -2.18. The highest BCUT2D eigenvalue weighted by Gasteiger charge is 2.08. The van der Waals surface area contributed by atoms with Crippen LogP contribution in [0.2, 0.25) is 0 Å². The first-order chi connectivity index (χ1) is 14.1. The number of nitrogens with one attached hydrogen (secondary N) is 2. The molecule has 0 radical (unpaired) electrons. The predicted octanol–water partition coefficient (Wildman–Crippen LogP) is 3.89. The lowest BCUT2D eigenvalue weighted by molar-refractivity contribution is 0.0958. The van der Waals surface area contributed by atoms with E-state index in [4.69, 9.17) is 4.74 Å². The Labute approximate surface area is 168 Å². The molecule has 0 fully saturated rings. The Morgan fingerprint density at radius 2 is 2.00 bits per heavy atom. The topological polar surface area (TPSA) is 89.0 Å². The van der Waals surface area contributed by atoms with E-state index in [1.54, 1.807) is 37.5 Å². The van der Waals surface area contributed by atoms with Crippen LogP contribution in [0.3, 0.4) is 0 Å². The highest BCUT2D eigenvalue weighted by atomic mass is 16.5. The number of hydrogen-bond acceptors (Lipinski definition) is 6. The Morgan fingerprint density at radius 1 is 1.17 bits per heavy atom. The lowest BCUT2D eigenvalue weighted by atomic mass is 10.2. The molecule has 7 heteroatoms. The van der Waals surface area contributed by atoms with Crippen LogP contribution >= 0.6 is 0 Å². The van der Waals surface area contributed by atoms with Crippen molar-refractivity contribution in [1.82, 2.24) is 20.3 Å². The molecule has 146 valence electrons. The van der Waals surface area contributed by atoms with Gasteiger partial charge in [-0.25, -0.2) is 9.97 Å². The van der Waals surface area contributed by atoms with Crippen molar-refractivity contribution in [3.63, 3.8) is 0 Å². The molecule has 1 amide bonds. The molecular formula is C22H21N5O2. The summed E-state index contributed by atoms with van der Waals surface area (Å²) in [6, 6.07) is 8.78. The average molecular weight is 387 g/mol. The predicted molar refractivity (Wildman–Crippen MR) is 114 cm³/mol. The fourth-order valence-electron chi connectivity index (χ4n) is 2.55. The van der Waals surface area contributed by atoms with Crippen LogP contribution in [-0.4, -0.2) is 34.5 Å². The number of hydrogen-bond donors (Lipinski definition) is 2. The number of pyridine rings is 1. The second kappa shape index (κ2) is 9.27. The summed E-state index contributed by atoms with van der Waals surface area (Å²) in [5, 5.41) is 6.53. The fourth-order valence-corrected chi connectivity index (χ4v) is 2.55. The van der Waals surface area contributed by atoms with Crippen molar-refractivity contribution in [3.05, 3.63) is 85.4 Å². The number of fused-ring (bicyclic) bond motifs is 1. The minimum Gasteiger partial charge on any atom is -0.457 e. The van der Waals surface area contributed by atoms with Crippen molar-refractivity contribution in [3.8, 4) is 11.5 Å². The van der Waals surface area contributed by atoms with E-state index in [2.05, 4.69) is 38.7 Å². The number of nitrogens with zero attached hydrogens (tertiary/aromatic N) is 3. The fraction of sp³-hybridized carbons (Fsp3) is 0.0909. The van der Waals surface area contributed by atoms with Gasteiger partial charge in [-0.3, -0.25) is 9.78 Å². The van der Waals surface area contributed by atoms with Gasteiger partial charge in [0, 0.05) is 37.4 Å². The Kier molecular flexibility index (Phi) is 6.32. The zero-order chi connectivity index (χ0) is 20.6. The van der Waals surface area contributed by atoms with Gasteiger partial charge in [-0.2, -0.15) is 0 Å². The molecule has 0 aliphatic rings. The number of rotatable bonds is 8. The molecule has 0 saturated heterocycles. The van der Waals surface area contributed by atoms with Crippen molar-refractivity contribution in [2.45, 2.75) is 0 Å². The average Bonchev–Trinajstić information content (AvgIpc) is 2.76. The Hall–Kier alpha value is -4.00. The van der Waals surface area contributed by atoms with Crippen LogP contribution in [0.25, 0.3) is 10.9 Å². The van der Waals surface area contributed by atoms with Crippen LogP contribution < -0.4 is 15.4 Å². The van der Waals surface area contributed by atoms with Crippen LogP contribution in [0.4, 0.5) is 5.95 Å². The van der Waals surface area contributed by atoms with Gasteiger partial charge in [0.15, 0.2) is 0 Å². The quantitative estimate of drug-likeness (QED) is 0.570. The summed E-state index contributed by atoms with van der Waals surface area (Å²) >= 11 is 0. The van der Waals surface area contributed by atoms with Crippen LogP contribution in [0.1, 0.15) is 10.5 Å². The van der Waals surface area contributed by atoms with Crippen molar-refractivity contribution in [2.24, 2.45) is 0 Å². The van der Waals surface area contributed by atoms with E-state index in [1.807, 2.05) is 24.3 Å². The molecule has 2 aromatic heterocycles. The number of benzene rings is 1. The van der Waals surface area contributed by atoms with Gasteiger partial charge in [-0.05, 0) is 29.8 Å². The van der Waals surface area contributed by atoms with E-state index in [0.717, 1.165) is 16.5 Å². The molecule has 0 saturated carbocycles. The summed E-state index contributed by atoms with van der Waals surface area (Å²) < 4.78 is 5.85. The monoisotopic (exact) mass is 387 g/mol. The summed E-state index contributed by atoms with van der Waals surface area (Å²) in [7, 11) is 1.55. The van der Waals surface area contributed by atoms with Gasteiger partial charge >= 0.3 is 0 Å². The van der Waals surface area contributed by atoms with E-state index in [1.165, 1.54) is 6.20 Å². The van der Waals surface area contributed by atoms with Gasteiger partial charge in [0.1, 0.15) is 17.2 Å². The van der Waals surface area contributed by atoms with E-state index in [-0.39, 0.29) is 11.6 Å². The maximum atomic E-state index is 11.7. The maximum Gasteiger partial charge on any atom is 0.269 e. The molecule has 3 aromatic rings. The number of carbonyl (C=O) groups excluding carboxylic acids is 1. The number of carbonyl (C=O) groups is 1. The number of allylic oxidation sites excluding steroid dienone is 2. The third-order valence-electron chi connectivity index (χ3n) is 4.02. The molecular weight excluding hydrogens is 366 g/mol. The molecule has 2 heterocycles. The molecule has 0 aliphatic carbocycles. The summed E-state index contributed by atoms with van der Waals surface area (Å²) in [5.74, 6) is 1.37. The van der Waals surface area contributed by atoms with Crippen LogP contribution in [0, 0.1) is 0 Å². The Morgan fingerprint density at radius 3 is 2.76 bits per heavy atom. The molecule has 29 heavy (non-hydrogen) atoms. The third-order valence-corrected chi connectivity index (χ3v) is 4.02. The van der Waals surface area contributed by atoms with Gasteiger partial charge in [0.05, 0.1) is 5.52 Å². The lowest BCUT2D eigenvalue weighted by Gasteiger charge is -2.09. The smallest absolute Gasteiger partial charge is 0.269 e. The van der Waals surface area contributed by atoms with E-state index >= 15 is 0 Å². The van der Waals surface area contributed by atoms with Crippen molar-refractivity contribution < 1.29 is 9.53 Å². The summed E-state index contributed by atoms with van der Waals surface area (Å²) in [4.78, 5) is 24.6. The molecule has 0 unspecified atom stereocenters. The highest BCUT2D eigenvalue weighted by Crippen LogP contribution is 2.25. The van der Waals surface area contributed by atoms with E-state index in [0.29, 0.717) is 24.0 Å². The van der Waals surface area contributed by atoms with Crippen LogP contribution in [-0.2, 0) is 0 Å². The minimum atomic E-state index is -0.273. The molecule has 0 bridgehead atoms. The zero-order valence-corrected chi connectivity index (χ0v) is 16.1. The van der Waals surface area contributed by atoms with E-state index < -0.39 is 0 Å². The number of aromatic nitrogens is 3. The second-order valence-corrected chi connectivity index (χ2v) is 6.01. The largest absolute Gasteiger partial charge is 0.457 e. The SMILES string of the molecule is C=C/C=C(\C=C)CNc1ncc2cc(Oc3ccnc(C(=O)NC)c3)ccc2n1. The molecule has 7 nitrogen and oxygen atoms in total. The Balaban J connectivity index is 1.75. The molecule has 1 aromatic carbocycles. The summed E-state index contributed by atoms with van der Waals surface area (Å²) in [6.07, 6.45) is 8.60. The maximum absolute atomic E-state index is 11.7. The van der Waals surface area contributed by atoms with Crippen molar-refractivity contribution >= 4 is 22.8 Å². The second-order valence-electron chi connectivity index (χ2n) is 6.01. The standard InChI is InChI=1S/C22H21N5O2/c1-4-6-15(5-2)13-25-22-26-14-16-11-17(7-8-19(16)27-22)29-18-9-10-24-20(12-18)21(28)23-3/h4-12,14H,1-2,13H2,3H3,(H,23,28)(H,25,26,27)/b15-6+. The molecule has 0 spiro atoms. The first-order valence-electron chi connectivity index (χ1n) is 8.93. The number of ether oxygens (including phenoxy) is 1. The molecule has 3 rings (SSSR count). The molecule has 0 aliphatic heterocycles. The first kappa shape index (κ1) is 19.8. The highest BCUT2D eigenvalue weighted by molar-refractivity contribution is 5.92. The first-order valence-corrected chi connectivity index (χ1v) is 8.93. The molecule has 2 N–H and O–H groups in total.